The summed E-state index contributed by atoms with van der Waals surface area (Å²) in [6.07, 6.45) is 4.01. The summed E-state index contributed by atoms with van der Waals surface area (Å²) >= 11 is 0. The van der Waals surface area contributed by atoms with Gasteiger partial charge in [0.1, 0.15) is 5.76 Å². The van der Waals surface area contributed by atoms with Gasteiger partial charge >= 0.3 is 0 Å². The summed E-state index contributed by atoms with van der Waals surface area (Å²) in [5.74, 6) is 0.907. The van der Waals surface area contributed by atoms with E-state index >= 15 is 0 Å². The lowest BCUT2D eigenvalue weighted by molar-refractivity contribution is 0.388. The number of aromatic nitrogens is 1. The van der Waals surface area contributed by atoms with Crippen molar-refractivity contribution >= 4 is 10.0 Å². The van der Waals surface area contributed by atoms with E-state index in [0.29, 0.717) is 10.7 Å². The lowest BCUT2D eigenvalue weighted by Crippen LogP contribution is -2.33. The molecule has 5 nitrogen and oxygen atoms in total. The van der Waals surface area contributed by atoms with Gasteiger partial charge in [-0.05, 0) is 49.8 Å². The molecule has 0 saturated heterocycles. The van der Waals surface area contributed by atoms with E-state index < -0.39 is 10.0 Å². The van der Waals surface area contributed by atoms with Crippen molar-refractivity contribution in [3.63, 3.8) is 0 Å². The fourth-order valence-electron chi connectivity index (χ4n) is 3.51. The van der Waals surface area contributed by atoms with E-state index in [1.807, 2.05) is 39.8 Å². The summed E-state index contributed by atoms with van der Waals surface area (Å²) in [6.45, 7) is 7.79. The van der Waals surface area contributed by atoms with Crippen molar-refractivity contribution in [3.8, 4) is 11.1 Å². The van der Waals surface area contributed by atoms with Crippen molar-refractivity contribution < 1.29 is 12.9 Å². The molecule has 1 aromatic heterocycles. The molecule has 2 aromatic rings. The van der Waals surface area contributed by atoms with Gasteiger partial charge in [0, 0.05) is 11.6 Å². The second-order valence-corrected chi connectivity index (χ2v) is 8.92. The van der Waals surface area contributed by atoms with E-state index in [2.05, 4.69) is 9.88 Å². The SMILES string of the molecule is Cc1ccc(-c2c(C(C)C)noc2C)cc1S(=O)(=O)NC1CCCC1. The largest absolute Gasteiger partial charge is 0.361 e. The number of nitrogens with one attached hydrogen (secondary N) is 1. The number of rotatable bonds is 5. The molecule has 0 amide bonds. The lowest BCUT2D eigenvalue weighted by atomic mass is 9.97. The molecule has 25 heavy (non-hydrogen) atoms. The molecular formula is C19H26N2O3S. The van der Waals surface area contributed by atoms with Crippen LogP contribution >= 0.6 is 0 Å². The first-order valence-corrected chi connectivity index (χ1v) is 10.4. The highest BCUT2D eigenvalue weighted by atomic mass is 32.2. The van der Waals surface area contributed by atoms with Crippen LogP contribution in [-0.2, 0) is 10.0 Å². The van der Waals surface area contributed by atoms with Gasteiger partial charge in [-0.25, -0.2) is 13.1 Å². The molecule has 6 heteroatoms. The Hall–Kier alpha value is -1.66. The summed E-state index contributed by atoms with van der Waals surface area (Å²) in [5.41, 5.74) is 3.33. The Morgan fingerprint density at radius 1 is 1.20 bits per heavy atom. The standard InChI is InChI=1S/C19H26N2O3S/c1-12(2)19-18(14(4)24-20-19)15-10-9-13(3)17(11-15)25(22,23)21-16-7-5-6-8-16/h9-12,16,21H,5-8H2,1-4H3. The van der Waals surface area contributed by atoms with Gasteiger partial charge in [0.05, 0.1) is 10.6 Å². The Kier molecular flexibility index (Phi) is 5.02. The van der Waals surface area contributed by atoms with Crippen LogP contribution in [0.2, 0.25) is 0 Å². The van der Waals surface area contributed by atoms with Crippen molar-refractivity contribution in [2.24, 2.45) is 0 Å². The smallest absolute Gasteiger partial charge is 0.241 e. The molecule has 0 atom stereocenters. The highest BCUT2D eigenvalue weighted by molar-refractivity contribution is 7.89. The number of sulfonamides is 1. The Labute approximate surface area is 149 Å². The molecule has 0 unspecified atom stereocenters. The predicted octanol–water partition coefficient (Wildman–Crippen LogP) is 4.30. The lowest BCUT2D eigenvalue weighted by Gasteiger charge is -2.15. The van der Waals surface area contributed by atoms with Crippen LogP contribution in [0.25, 0.3) is 11.1 Å². The van der Waals surface area contributed by atoms with Gasteiger partial charge in [0.15, 0.2) is 0 Å². The molecule has 1 aliphatic carbocycles. The molecule has 0 bridgehead atoms. The fraction of sp³-hybridized carbons (Fsp3) is 0.526. The van der Waals surface area contributed by atoms with Crippen LogP contribution in [0.15, 0.2) is 27.6 Å². The maximum Gasteiger partial charge on any atom is 0.241 e. The van der Waals surface area contributed by atoms with E-state index in [4.69, 9.17) is 4.52 Å². The first-order valence-electron chi connectivity index (χ1n) is 8.89. The third kappa shape index (κ3) is 3.65. The minimum absolute atomic E-state index is 0.0524. The Bertz CT molecular complexity index is 863. The maximum atomic E-state index is 12.9. The van der Waals surface area contributed by atoms with Crippen LogP contribution in [0.4, 0.5) is 0 Å². The second kappa shape index (κ2) is 6.92. The topological polar surface area (TPSA) is 72.2 Å². The summed E-state index contributed by atoms with van der Waals surface area (Å²) in [7, 11) is -3.53. The Morgan fingerprint density at radius 2 is 1.88 bits per heavy atom. The van der Waals surface area contributed by atoms with Crippen molar-refractivity contribution in [3.05, 3.63) is 35.2 Å². The number of benzene rings is 1. The number of aryl methyl sites for hydroxylation is 2. The van der Waals surface area contributed by atoms with Crippen LogP contribution in [0, 0.1) is 13.8 Å². The van der Waals surface area contributed by atoms with Gasteiger partial charge in [-0.15, -0.1) is 0 Å². The maximum absolute atomic E-state index is 12.9. The third-order valence-corrected chi connectivity index (χ3v) is 6.54. The molecule has 1 N–H and O–H groups in total. The molecular weight excluding hydrogens is 336 g/mol. The van der Waals surface area contributed by atoms with E-state index in [1.54, 1.807) is 6.07 Å². The molecule has 1 fully saturated rings. The van der Waals surface area contributed by atoms with Crippen molar-refractivity contribution in [1.29, 1.82) is 0 Å². The monoisotopic (exact) mass is 362 g/mol. The van der Waals surface area contributed by atoms with E-state index in [1.165, 1.54) is 0 Å². The minimum Gasteiger partial charge on any atom is -0.361 e. The quantitative estimate of drug-likeness (QED) is 0.860. The molecule has 1 heterocycles. The first kappa shape index (κ1) is 18.1. The number of hydrogen-bond donors (Lipinski definition) is 1. The van der Waals surface area contributed by atoms with Crippen LogP contribution in [0.3, 0.4) is 0 Å². The van der Waals surface area contributed by atoms with Crippen LogP contribution in [-0.4, -0.2) is 19.6 Å². The molecule has 0 radical (unpaired) electrons. The predicted molar refractivity (Wildman–Crippen MR) is 98.1 cm³/mol. The second-order valence-electron chi connectivity index (χ2n) is 7.24. The highest BCUT2D eigenvalue weighted by Gasteiger charge is 2.26. The number of hydrogen-bond acceptors (Lipinski definition) is 4. The third-order valence-electron chi connectivity index (χ3n) is 4.88. The van der Waals surface area contributed by atoms with Crippen molar-refractivity contribution in [1.82, 2.24) is 9.88 Å². The van der Waals surface area contributed by atoms with Crippen LogP contribution < -0.4 is 4.72 Å². The summed E-state index contributed by atoms with van der Waals surface area (Å²) in [6, 6.07) is 5.60. The van der Waals surface area contributed by atoms with Gasteiger partial charge in [0.2, 0.25) is 10.0 Å². The fourth-order valence-corrected chi connectivity index (χ4v) is 5.08. The molecule has 1 aliphatic rings. The highest BCUT2D eigenvalue weighted by Crippen LogP contribution is 2.34. The summed E-state index contributed by atoms with van der Waals surface area (Å²) in [5, 5.41) is 4.15. The first-order chi connectivity index (χ1) is 11.8. The van der Waals surface area contributed by atoms with Crippen LogP contribution in [0.5, 0.6) is 0 Å². The Morgan fingerprint density at radius 3 is 2.52 bits per heavy atom. The van der Waals surface area contributed by atoms with E-state index in [9.17, 15) is 8.42 Å². The zero-order chi connectivity index (χ0) is 18.2. The van der Waals surface area contributed by atoms with Crippen molar-refractivity contribution in [2.75, 3.05) is 0 Å². The number of nitrogens with zero attached hydrogens (tertiary/aromatic N) is 1. The zero-order valence-electron chi connectivity index (χ0n) is 15.3. The summed E-state index contributed by atoms with van der Waals surface area (Å²) in [4.78, 5) is 0.340. The minimum atomic E-state index is -3.53. The molecule has 0 spiro atoms. The van der Waals surface area contributed by atoms with Gasteiger partial charge < -0.3 is 4.52 Å². The van der Waals surface area contributed by atoms with Gasteiger partial charge in [0.25, 0.3) is 0 Å². The molecule has 3 rings (SSSR count). The molecule has 136 valence electrons. The van der Waals surface area contributed by atoms with Crippen molar-refractivity contribution in [2.45, 2.75) is 70.2 Å². The van der Waals surface area contributed by atoms with Crippen LogP contribution in [0.1, 0.15) is 62.5 Å². The van der Waals surface area contributed by atoms with E-state index in [-0.39, 0.29) is 12.0 Å². The summed E-state index contributed by atoms with van der Waals surface area (Å²) < 4.78 is 34.0. The zero-order valence-corrected chi connectivity index (χ0v) is 16.1. The Balaban J connectivity index is 2.03. The average molecular weight is 362 g/mol. The van der Waals surface area contributed by atoms with E-state index in [0.717, 1.165) is 48.1 Å². The average Bonchev–Trinajstić information content (AvgIpc) is 3.17. The molecule has 0 aliphatic heterocycles. The normalized spacial score (nSPS) is 16.0. The van der Waals surface area contributed by atoms with Gasteiger partial charge in [-0.1, -0.05) is 44.0 Å². The molecule has 1 saturated carbocycles. The van der Waals surface area contributed by atoms with Gasteiger partial charge in [-0.3, -0.25) is 0 Å². The molecule has 1 aromatic carbocycles. The van der Waals surface area contributed by atoms with Gasteiger partial charge in [-0.2, -0.15) is 0 Å².